The number of carbonyl (C=O) groups is 1. The number of hydrogen-bond donors (Lipinski definition) is 1. The van der Waals surface area contributed by atoms with Crippen LogP contribution in [0.3, 0.4) is 0 Å². The van der Waals surface area contributed by atoms with Crippen LogP contribution in [0.25, 0.3) is 0 Å². The zero-order chi connectivity index (χ0) is 19.6. The molecule has 0 saturated carbocycles. The van der Waals surface area contributed by atoms with E-state index >= 15 is 0 Å². The molecule has 2 aromatic rings. The Morgan fingerprint density at radius 1 is 1.11 bits per heavy atom. The van der Waals surface area contributed by atoms with Crippen molar-refractivity contribution in [1.82, 2.24) is 4.90 Å². The molecule has 1 amide bonds. The second-order valence-electron chi connectivity index (χ2n) is 5.88. The fraction of sp³-hybridized carbons (Fsp3) is 0.316. The smallest absolute Gasteiger partial charge is 0.292 e. The van der Waals surface area contributed by atoms with Crippen molar-refractivity contribution in [3.05, 3.63) is 58.6 Å². The van der Waals surface area contributed by atoms with Crippen LogP contribution >= 0.6 is 0 Å². The van der Waals surface area contributed by atoms with Crippen molar-refractivity contribution in [3.8, 4) is 11.5 Å². The minimum Gasteiger partial charge on any atom is -0.493 e. The number of nitrogens with zero attached hydrogens (tertiary/aromatic N) is 2. The first-order valence-corrected chi connectivity index (χ1v) is 8.49. The standard InChI is InChI=1S/C19H23N3O5/c1-21(13-14-27-18-10-6-5-9-17(18)26-2)12-11-19(23)20-15-7-3-4-8-16(15)22(24)25/h3-10H,11-14H2,1-2H3,(H,20,23). The van der Waals surface area contributed by atoms with Crippen LogP contribution in [0.15, 0.2) is 48.5 Å². The van der Waals surface area contributed by atoms with Gasteiger partial charge >= 0.3 is 0 Å². The molecule has 8 nitrogen and oxygen atoms in total. The maximum absolute atomic E-state index is 12.1. The predicted molar refractivity (Wildman–Crippen MR) is 102 cm³/mol. The number of para-hydroxylation sites is 4. The number of nitro benzene ring substituents is 1. The summed E-state index contributed by atoms with van der Waals surface area (Å²) in [6.07, 6.45) is 0.219. The highest BCUT2D eigenvalue weighted by Gasteiger charge is 2.15. The molecule has 27 heavy (non-hydrogen) atoms. The number of ether oxygens (including phenoxy) is 2. The number of anilines is 1. The lowest BCUT2D eigenvalue weighted by Gasteiger charge is -2.17. The number of rotatable bonds is 10. The molecule has 1 N–H and O–H groups in total. The molecule has 0 radical (unpaired) electrons. The molecule has 0 aliphatic heterocycles. The van der Waals surface area contributed by atoms with Crippen molar-refractivity contribution >= 4 is 17.3 Å². The molecule has 0 fully saturated rings. The molecule has 144 valence electrons. The van der Waals surface area contributed by atoms with E-state index in [1.807, 2.05) is 36.2 Å². The highest BCUT2D eigenvalue weighted by molar-refractivity contribution is 5.93. The third-order valence-corrected chi connectivity index (χ3v) is 3.90. The van der Waals surface area contributed by atoms with Gasteiger partial charge in [0, 0.05) is 25.6 Å². The number of carbonyl (C=O) groups excluding carboxylic acids is 1. The summed E-state index contributed by atoms with van der Waals surface area (Å²) < 4.78 is 10.9. The number of methoxy groups -OCH3 is 1. The highest BCUT2D eigenvalue weighted by atomic mass is 16.6. The number of amides is 1. The molecular formula is C19H23N3O5. The van der Waals surface area contributed by atoms with Gasteiger partial charge in [-0.3, -0.25) is 14.9 Å². The molecule has 0 bridgehead atoms. The summed E-state index contributed by atoms with van der Waals surface area (Å²) in [4.78, 5) is 24.5. The molecule has 0 aliphatic carbocycles. The number of likely N-dealkylation sites (N-methyl/N-ethyl adjacent to an activating group) is 1. The Balaban J connectivity index is 1.74. The summed E-state index contributed by atoms with van der Waals surface area (Å²) in [6.45, 7) is 1.57. The van der Waals surface area contributed by atoms with E-state index in [2.05, 4.69) is 5.32 Å². The van der Waals surface area contributed by atoms with Crippen molar-refractivity contribution in [2.24, 2.45) is 0 Å². The van der Waals surface area contributed by atoms with Gasteiger partial charge < -0.3 is 19.7 Å². The molecule has 0 aromatic heterocycles. The summed E-state index contributed by atoms with van der Waals surface area (Å²) in [5.41, 5.74) is 0.0825. The lowest BCUT2D eigenvalue weighted by molar-refractivity contribution is -0.383. The number of hydrogen-bond acceptors (Lipinski definition) is 6. The van der Waals surface area contributed by atoms with E-state index in [1.165, 1.54) is 12.1 Å². The Morgan fingerprint density at radius 2 is 1.78 bits per heavy atom. The monoisotopic (exact) mass is 373 g/mol. The van der Waals surface area contributed by atoms with Gasteiger partial charge in [-0.1, -0.05) is 24.3 Å². The third kappa shape index (κ3) is 6.27. The zero-order valence-electron chi connectivity index (χ0n) is 15.4. The molecule has 2 rings (SSSR count). The molecule has 2 aromatic carbocycles. The average molecular weight is 373 g/mol. The van der Waals surface area contributed by atoms with Crippen LogP contribution in [0.1, 0.15) is 6.42 Å². The number of nitrogens with one attached hydrogen (secondary N) is 1. The second-order valence-corrected chi connectivity index (χ2v) is 5.88. The number of nitro groups is 1. The van der Waals surface area contributed by atoms with Crippen molar-refractivity contribution in [2.45, 2.75) is 6.42 Å². The van der Waals surface area contributed by atoms with E-state index in [1.54, 1.807) is 19.2 Å². The largest absolute Gasteiger partial charge is 0.493 e. The summed E-state index contributed by atoms with van der Waals surface area (Å²) in [5.74, 6) is 1.06. The van der Waals surface area contributed by atoms with E-state index in [4.69, 9.17) is 9.47 Å². The lowest BCUT2D eigenvalue weighted by Crippen LogP contribution is -2.28. The maximum atomic E-state index is 12.1. The summed E-state index contributed by atoms with van der Waals surface area (Å²) >= 11 is 0. The molecule has 0 saturated heterocycles. The molecule has 8 heteroatoms. The fourth-order valence-electron chi connectivity index (χ4n) is 2.40. The maximum Gasteiger partial charge on any atom is 0.292 e. The summed E-state index contributed by atoms with van der Waals surface area (Å²) in [7, 11) is 3.47. The van der Waals surface area contributed by atoms with E-state index in [0.717, 1.165) is 0 Å². The molecule has 0 aliphatic rings. The molecule has 0 heterocycles. The van der Waals surface area contributed by atoms with Crippen LogP contribution in [-0.4, -0.2) is 49.6 Å². The van der Waals surface area contributed by atoms with E-state index in [-0.39, 0.29) is 23.7 Å². The molecule has 0 atom stereocenters. The minimum absolute atomic E-state index is 0.121. The Morgan fingerprint density at radius 3 is 2.48 bits per heavy atom. The third-order valence-electron chi connectivity index (χ3n) is 3.90. The Bertz CT molecular complexity index is 781. The van der Waals surface area contributed by atoms with Crippen LogP contribution in [-0.2, 0) is 4.79 Å². The zero-order valence-corrected chi connectivity index (χ0v) is 15.4. The van der Waals surface area contributed by atoms with Gasteiger partial charge in [0.05, 0.1) is 12.0 Å². The van der Waals surface area contributed by atoms with Crippen LogP contribution in [0.2, 0.25) is 0 Å². The summed E-state index contributed by atoms with van der Waals surface area (Å²) in [6, 6.07) is 13.5. The topological polar surface area (TPSA) is 93.9 Å². The molecular weight excluding hydrogens is 350 g/mol. The quantitative estimate of drug-likeness (QED) is 0.508. The van der Waals surface area contributed by atoms with Crippen molar-refractivity contribution in [1.29, 1.82) is 0 Å². The lowest BCUT2D eigenvalue weighted by atomic mass is 10.2. The Kier molecular flexibility index (Phi) is 7.57. The minimum atomic E-state index is -0.517. The summed E-state index contributed by atoms with van der Waals surface area (Å²) in [5, 5.41) is 13.6. The Hall–Kier alpha value is -3.13. The van der Waals surface area contributed by atoms with Crippen LogP contribution in [0, 0.1) is 10.1 Å². The molecule has 0 unspecified atom stereocenters. The molecule has 0 spiro atoms. The average Bonchev–Trinajstić information content (AvgIpc) is 2.67. The Labute approximate surface area is 157 Å². The van der Waals surface area contributed by atoms with Crippen LogP contribution in [0.4, 0.5) is 11.4 Å². The van der Waals surface area contributed by atoms with E-state index in [9.17, 15) is 14.9 Å². The predicted octanol–water partition coefficient (Wildman–Crippen LogP) is 2.94. The van der Waals surface area contributed by atoms with Crippen molar-refractivity contribution < 1.29 is 19.2 Å². The van der Waals surface area contributed by atoms with Gasteiger partial charge in [0.2, 0.25) is 5.91 Å². The van der Waals surface area contributed by atoms with Gasteiger partial charge in [0.1, 0.15) is 12.3 Å². The highest BCUT2D eigenvalue weighted by Crippen LogP contribution is 2.25. The van der Waals surface area contributed by atoms with Gasteiger partial charge in [0.25, 0.3) is 5.69 Å². The van der Waals surface area contributed by atoms with Gasteiger partial charge in [0.15, 0.2) is 11.5 Å². The SMILES string of the molecule is COc1ccccc1OCCN(C)CCC(=O)Nc1ccccc1[N+](=O)[O-]. The number of benzene rings is 2. The van der Waals surface area contributed by atoms with Gasteiger partial charge in [-0.25, -0.2) is 0 Å². The van der Waals surface area contributed by atoms with E-state index in [0.29, 0.717) is 31.2 Å². The first-order chi connectivity index (χ1) is 13.0. The van der Waals surface area contributed by atoms with Gasteiger partial charge in [-0.2, -0.15) is 0 Å². The van der Waals surface area contributed by atoms with Crippen molar-refractivity contribution in [2.75, 3.05) is 39.2 Å². The first kappa shape index (κ1) is 20.2. The van der Waals surface area contributed by atoms with Gasteiger partial charge in [-0.15, -0.1) is 0 Å². The normalized spacial score (nSPS) is 10.5. The second kappa shape index (κ2) is 10.1. The fourth-order valence-corrected chi connectivity index (χ4v) is 2.40. The van der Waals surface area contributed by atoms with Crippen molar-refractivity contribution in [3.63, 3.8) is 0 Å². The van der Waals surface area contributed by atoms with Crippen LogP contribution < -0.4 is 14.8 Å². The first-order valence-electron chi connectivity index (χ1n) is 8.49. The van der Waals surface area contributed by atoms with Gasteiger partial charge in [-0.05, 0) is 25.2 Å². The van der Waals surface area contributed by atoms with E-state index < -0.39 is 4.92 Å². The van der Waals surface area contributed by atoms with Crippen LogP contribution in [0.5, 0.6) is 11.5 Å².